The van der Waals surface area contributed by atoms with Crippen molar-refractivity contribution in [2.45, 2.75) is 271 Å². The predicted molar refractivity (Wildman–Crippen MR) is 270 cm³/mol. The van der Waals surface area contributed by atoms with Gasteiger partial charge in [0.15, 0.2) is 6.10 Å². The smallest absolute Gasteiger partial charge is 0.306 e. The first kappa shape index (κ1) is 60.1. The van der Waals surface area contributed by atoms with Gasteiger partial charge < -0.3 is 14.2 Å². The molecule has 0 heterocycles. The van der Waals surface area contributed by atoms with Crippen LogP contribution in [0.15, 0.2) is 60.8 Å². The van der Waals surface area contributed by atoms with Gasteiger partial charge in [-0.2, -0.15) is 0 Å². The molecule has 63 heavy (non-hydrogen) atoms. The zero-order chi connectivity index (χ0) is 45.8. The molecule has 0 saturated heterocycles. The summed E-state index contributed by atoms with van der Waals surface area (Å²) in [5.74, 6) is -0.954. The van der Waals surface area contributed by atoms with Gasteiger partial charge in [0.25, 0.3) is 0 Å². The number of allylic oxidation sites excluding steroid dienone is 10. The highest BCUT2D eigenvalue weighted by Crippen LogP contribution is 2.14. The van der Waals surface area contributed by atoms with Gasteiger partial charge >= 0.3 is 17.9 Å². The van der Waals surface area contributed by atoms with E-state index >= 15 is 0 Å². The van der Waals surface area contributed by atoms with Gasteiger partial charge in [-0.05, 0) is 83.5 Å². The van der Waals surface area contributed by atoms with Crippen LogP contribution in [0.4, 0.5) is 0 Å². The normalized spacial score (nSPS) is 12.5. The lowest BCUT2D eigenvalue weighted by Crippen LogP contribution is -2.30. The van der Waals surface area contributed by atoms with E-state index in [0.717, 1.165) is 64.2 Å². The fraction of sp³-hybridized carbons (Fsp3) is 0.772. The van der Waals surface area contributed by atoms with Crippen LogP contribution in [-0.2, 0) is 28.6 Å². The summed E-state index contributed by atoms with van der Waals surface area (Å²) in [5, 5.41) is 0. The molecular formula is C57H100O6. The van der Waals surface area contributed by atoms with Gasteiger partial charge in [-0.15, -0.1) is 0 Å². The van der Waals surface area contributed by atoms with Crippen molar-refractivity contribution in [3.8, 4) is 0 Å². The molecule has 0 aliphatic rings. The number of carbonyl (C=O) groups excluding carboxylic acids is 3. The number of rotatable bonds is 48. The molecular weight excluding hydrogens is 781 g/mol. The number of ether oxygens (including phenoxy) is 3. The van der Waals surface area contributed by atoms with Gasteiger partial charge in [-0.1, -0.05) is 223 Å². The fourth-order valence-electron chi connectivity index (χ4n) is 7.43. The van der Waals surface area contributed by atoms with Crippen LogP contribution in [0, 0.1) is 0 Å². The summed E-state index contributed by atoms with van der Waals surface area (Å²) >= 11 is 0. The molecule has 0 N–H and O–H groups in total. The Kier molecular flexibility index (Phi) is 49.4. The highest BCUT2D eigenvalue weighted by molar-refractivity contribution is 5.71. The molecule has 0 aromatic heterocycles. The molecule has 0 bridgehead atoms. The Hall–Kier alpha value is -2.89. The second-order valence-electron chi connectivity index (χ2n) is 17.8. The van der Waals surface area contributed by atoms with E-state index in [9.17, 15) is 14.4 Å². The van der Waals surface area contributed by atoms with Crippen LogP contribution in [0.2, 0.25) is 0 Å². The summed E-state index contributed by atoms with van der Waals surface area (Å²) in [7, 11) is 0. The van der Waals surface area contributed by atoms with E-state index in [1.165, 1.54) is 154 Å². The van der Waals surface area contributed by atoms with Gasteiger partial charge in [0.1, 0.15) is 13.2 Å². The van der Waals surface area contributed by atoms with Crippen molar-refractivity contribution in [3.05, 3.63) is 60.8 Å². The van der Waals surface area contributed by atoms with Crippen molar-refractivity contribution in [3.63, 3.8) is 0 Å². The quantitative estimate of drug-likeness (QED) is 0.0262. The van der Waals surface area contributed by atoms with E-state index in [2.05, 4.69) is 81.5 Å². The lowest BCUT2D eigenvalue weighted by atomic mass is 10.1. The summed E-state index contributed by atoms with van der Waals surface area (Å²) in [4.78, 5) is 37.9. The maximum Gasteiger partial charge on any atom is 0.306 e. The molecule has 0 radical (unpaired) electrons. The maximum absolute atomic E-state index is 12.8. The molecule has 0 amide bonds. The summed E-state index contributed by atoms with van der Waals surface area (Å²) in [6, 6.07) is 0. The Labute approximate surface area is 390 Å². The Morgan fingerprint density at radius 3 is 0.984 bits per heavy atom. The molecule has 0 aliphatic carbocycles. The lowest BCUT2D eigenvalue weighted by Gasteiger charge is -2.18. The maximum atomic E-state index is 12.8. The average Bonchev–Trinajstić information content (AvgIpc) is 3.28. The Morgan fingerprint density at radius 1 is 0.317 bits per heavy atom. The van der Waals surface area contributed by atoms with Crippen LogP contribution >= 0.6 is 0 Å². The minimum atomic E-state index is -0.801. The molecule has 364 valence electrons. The number of carbonyl (C=O) groups is 3. The molecule has 0 unspecified atom stereocenters. The average molecular weight is 881 g/mol. The Morgan fingerprint density at radius 2 is 0.587 bits per heavy atom. The van der Waals surface area contributed by atoms with E-state index in [-0.39, 0.29) is 37.5 Å². The molecule has 0 fully saturated rings. The van der Waals surface area contributed by atoms with Crippen LogP contribution < -0.4 is 0 Å². The number of hydrogen-bond donors (Lipinski definition) is 0. The van der Waals surface area contributed by atoms with Crippen molar-refractivity contribution in [1.29, 1.82) is 0 Å². The van der Waals surface area contributed by atoms with Crippen LogP contribution in [-0.4, -0.2) is 37.2 Å². The summed E-state index contributed by atoms with van der Waals surface area (Å²) in [6.45, 7) is 6.55. The monoisotopic (exact) mass is 881 g/mol. The van der Waals surface area contributed by atoms with E-state index in [0.29, 0.717) is 19.3 Å². The zero-order valence-corrected chi connectivity index (χ0v) is 41.6. The highest BCUT2D eigenvalue weighted by Gasteiger charge is 2.19. The molecule has 0 rings (SSSR count). The lowest BCUT2D eigenvalue weighted by molar-refractivity contribution is -0.167. The van der Waals surface area contributed by atoms with Crippen LogP contribution in [0.3, 0.4) is 0 Å². The third kappa shape index (κ3) is 50.0. The second-order valence-corrected chi connectivity index (χ2v) is 17.8. The molecule has 0 aromatic rings. The number of hydrogen-bond acceptors (Lipinski definition) is 6. The third-order valence-corrected chi connectivity index (χ3v) is 11.5. The molecule has 0 aliphatic heterocycles. The Bertz CT molecular complexity index is 1150. The molecule has 6 nitrogen and oxygen atoms in total. The molecule has 6 heteroatoms. The van der Waals surface area contributed by atoms with Crippen molar-refractivity contribution in [1.82, 2.24) is 0 Å². The number of esters is 3. The topological polar surface area (TPSA) is 78.9 Å². The second kappa shape index (κ2) is 51.7. The van der Waals surface area contributed by atoms with Crippen molar-refractivity contribution < 1.29 is 28.6 Å². The van der Waals surface area contributed by atoms with Gasteiger partial charge in [-0.3, -0.25) is 14.4 Å². The van der Waals surface area contributed by atoms with Gasteiger partial charge in [0.05, 0.1) is 0 Å². The summed E-state index contributed by atoms with van der Waals surface area (Å²) < 4.78 is 16.7. The standard InChI is InChI=1S/C57H100O6/c1-4-7-10-13-16-19-21-23-25-27-28-30-31-33-35-38-41-44-47-50-56(59)62-53-54(52-61-55(58)49-46-43-40-37-18-15-12-9-6-3)63-57(60)51-48-45-42-39-36-34-32-29-26-24-22-20-17-14-11-8-5-2/h17,20,24,26-28,32,34,39,42,54H,4-16,18-19,21-23,25,29-31,33,35-38,40-41,43-53H2,1-3H3/b20-17-,26-24-,28-27-,34-32-,42-39-/t54-/m1/s1. The van der Waals surface area contributed by atoms with E-state index in [4.69, 9.17) is 14.2 Å². The van der Waals surface area contributed by atoms with E-state index in [1.807, 2.05) is 0 Å². The first-order valence-corrected chi connectivity index (χ1v) is 26.8. The third-order valence-electron chi connectivity index (χ3n) is 11.5. The fourth-order valence-corrected chi connectivity index (χ4v) is 7.43. The van der Waals surface area contributed by atoms with Crippen molar-refractivity contribution >= 4 is 17.9 Å². The first-order valence-electron chi connectivity index (χ1n) is 26.8. The summed E-state index contributed by atoms with van der Waals surface area (Å²) in [5.41, 5.74) is 0. The number of unbranched alkanes of at least 4 members (excludes halogenated alkanes) is 27. The van der Waals surface area contributed by atoms with E-state index in [1.54, 1.807) is 0 Å². The largest absolute Gasteiger partial charge is 0.462 e. The highest BCUT2D eigenvalue weighted by atomic mass is 16.6. The SMILES string of the molecule is CCCCC/C=C\C/C=C\C/C=C\C/C=C\CCCC(=O)O[C@@H](COC(=O)CCCCCCCCC/C=C\CCCCCCCCCC)COC(=O)CCCCCCCCCCC. The van der Waals surface area contributed by atoms with Crippen molar-refractivity contribution in [2.24, 2.45) is 0 Å². The van der Waals surface area contributed by atoms with Crippen LogP contribution in [0.5, 0.6) is 0 Å². The molecule has 0 aromatic carbocycles. The van der Waals surface area contributed by atoms with Crippen LogP contribution in [0.25, 0.3) is 0 Å². The molecule has 0 spiro atoms. The van der Waals surface area contributed by atoms with E-state index < -0.39 is 6.10 Å². The molecule has 1 atom stereocenters. The minimum absolute atomic E-state index is 0.0957. The van der Waals surface area contributed by atoms with Gasteiger partial charge in [0, 0.05) is 19.3 Å². The van der Waals surface area contributed by atoms with Crippen LogP contribution in [0.1, 0.15) is 265 Å². The minimum Gasteiger partial charge on any atom is -0.462 e. The first-order chi connectivity index (χ1) is 31.0. The van der Waals surface area contributed by atoms with Crippen molar-refractivity contribution in [2.75, 3.05) is 13.2 Å². The van der Waals surface area contributed by atoms with Gasteiger partial charge in [-0.25, -0.2) is 0 Å². The zero-order valence-electron chi connectivity index (χ0n) is 41.6. The molecule has 0 saturated carbocycles. The predicted octanol–water partition coefficient (Wildman–Crippen LogP) is 17.6. The summed E-state index contributed by atoms with van der Waals surface area (Å²) in [6.07, 6.45) is 63.6. The Balaban J connectivity index is 4.38. The van der Waals surface area contributed by atoms with Gasteiger partial charge in [0.2, 0.25) is 0 Å².